The molecule has 4 heteroatoms. The van der Waals surface area contributed by atoms with E-state index in [2.05, 4.69) is 0 Å². The highest BCUT2D eigenvalue weighted by Crippen LogP contribution is 2.40. The molecule has 1 aliphatic carbocycles. The average molecular weight is 286 g/mol. The van der Waals surface area contributed by atoms with Gasteiger partial charge in [-0.05, 0) is 37.8 Å². The Hall–Kier alpha value is -1.84. The molecule has 1 aliphatic heterocycles. The Morgan fingerprint density at radius 2 is 1.81 bits per heavy atom. The Morgan fingerprint density at radius 3 is 2.38 bits per heavy atom. The van der Waals surface area contributed by atoms with E-state index in [4.69, 9.17) is 0 Å². The lowest BCUT2D eigenvalue weighted by atomic mass is 10.00. The summed E-state index contributed by atoms with van der Waals surface area (Å²) >= 11 is 0. The van der Waals surface area contributed by atoms with Crippen molar-refractivity contribution in [2.75, 3.05) is 16.3 Å². The van der Waals surface area contributed by atoms with E-state index in [1.165, 1.54) is 0 Å². The van der Waals surface area contributed by atoms with E-state index >= 15 is 0 Å². The standard InChI is InChI=1S/C17H22N2O2/c1-3-12(4-2)17(21)18-11-16(20)19(13-9-10-13)15-8-6-5-7-14(15)18/h5-8,12-13H,3-4,9-11H2,1-2H3. The molecule has 0 bridgehead atoms. The minimum Gasteiger partial charge on any atom is -0.306 e. The van der Waals surface area contributed by atoms with E-state index in [1.54, 1.807) is 4.90 Å². The van der Waals surface area contributed by atoms with Gasteiger partial charge in [0.2, 0.25) is 11.8 Å². The number of fused-ring (bicyclic) bond motifs is 1. The first-order chi connectivity index (χ1) is 10.2. The van der Waals surface area contributed by atoms with Crippen molar-refractivity contribution in [1.82, 2.24) is 0 Å². The van der Waals surface area contributed by atoms with Crippen LogP contribution in [0.15, 0.2) is 24.3 Å². The number of amides is 2. The third-order valence-electron chi connectivity index (χ3n) is 4.51. The van der Waals surface area contributed by atoms with E-state index in [9.17, 15) is 9.59 Å². The van der Waals surface area contributed by atoms with Gasteiger partial charge in [-0.2, -0.15) is 0 Å². The monoisotopic (exact) mass is 286 g/mol. The zero-order valence-electron chi connectivity index (χ0n) is 12.7. The second kappa shape index (κ2) is 5.51. The molecule has 0 spiro atoms. The molecule has 2 amide bonds. The van der Waals surface area contributed by atoms with E-state index in [-0.39, 0.29) is 24.3 Å². The molecule has 1 aromatic carbocycles. The molecule has 2 aliphatic rings. The normalized spacial score (nSPS) is 18.1. The molecule has 0 N–H and O–H groups in total. The van der Waals surface area contributed by atoms with Gasteiger partial charge in [-0.3, -0.25) is 9.59 Å². The summed E-state index contributed by atoms with van der Waals surface area (Å²) in [6.07, 6.45) is 3.77. The molecule has 1 heterocycles. The molecule has 0 saturated heterocycles. The Kier molecular flexibility index (Phi) is 3.70. The Morgan fingerprint density at radius 1 is 1.19 bits per heavy atom. The van der Waals surface area contributed by atoms with Crippen LogP contribution in [0.5, 0.6) is 0 Å². The Balaban J connectivity index is 1.98. The Bertz CT molecular complexity index is 562. The summed E-state index contributed by atoms with van der Waals surface area (Å²) in [4.78, 5) is 28.8. The number of hydrogen-bond acceptors (Lipinski definition) is 2. The molecule has 0 aromatic heterocycles. The average Bonchev–Trinajstić information content (AvgIpc) is 3.32. The van der Waals surface area contributed by atoms with Gasteiger partial charge in [0, 0.05) is 12.0 Å². The summed E-state index contributed by atoms with van der Waals surface area (Å²) in [7, 11) is 0. The van der Waals surface area contributed by atoms with Crippen molar-refractivity contribution >= 4 is 23.2 Å². The fourth-order valence-electron chi connectivity index (χ4n) is 3.12. The third kappa shape index (κ3) is 2.43. The van der Waals surface area contributed by atoms with Crippen molar-refractivity contribution in [3.63, 3.8) is 0 Å². The number of hydrogen-bond donors (Lipinski definition) is 0. The second-order valence-corrected chi connectivity index (χ2v) is 5.92. The van der Waals surface area contributed by atoms with E-state index < -0.39 is 0 Å². The van der Waals surface area contributed by atoms with Crippen LogP contribution in [0.4, 0.5) is 11.4 Å². The van der Waals surface area contributed by atoms with Crippen molar-refractivity contribution < 1.29 is 9.59 Å². The van der Waals surface area contributed by atoms with Gasteiger partial charge in [-0.15, -0.1) is 0 Å². The molecule has 0 unspecified atom stereocenters. The number of rotatable bonds is 4. The molecule has 0 radical (unpaired) electrons. The van der Waals surface area contributed by atoms with Crippen LogP contribution in [0.1, 0.15) is 39.5 Å². The van der Waals surface area contributed by atoms with Gasteiger partial charge in [-0.1, -0.05) is 26.0 Å². The van der Waals surface area contributed by atoms with Crippen LogP contribution in [0.3, 0.4) is 0 Å². The zero-order chi connectivity index (χ0) is 15.0. The van der Waals surface area contributed by atoms with Crippen molar-refractivity contribution in [3.05, 3.63) is 24.3 Å². The van der Waals surface area contributed by atoms with Crippen LogP contribution < -0.4 is 9.80 Å². The number of carbonyl (C=O) groups excluding carboxylic acids is 2. The quantitative estimate of drug-likeness (QED) is 0.854. The third-order valence-corrected chi connectivity index (χ3v) is 4.51. The Labute approximate surface area is 125 Å². The van der Waals surface area contributed by atoms with Crippen LogP contribution in [-0.2, 0) is 9.59 Å². The highest BCUT2D eigenvalue weighted by atomic mass is 16.2. The minimum atomic E-state index is -0.00155. The fraction of sp³-hybridized carbons (Fsp3) is 0.529. The summed E-state index contributed by atoms with van der Waals surface area (Å²) in [6.45, 7) is 4.24. The minimum absolute atomic E-state index is 0.00155. The summed E-state index contributed by atoms with van der Waals surface area (Å²) in [5.74, 6) is 0.130. The van der Waals surface area contributed by atoms with Crippen LogP contribution in [-0.4, -0.2) is 24.4 Å². The van der Waals surface area contributed by atoms with E-state index in [0.29, 0.717) is 6.04 Å². The molecule has 0 atom stereocenters. The predicted molar refractivity (Wildman–Crippen MR) is 83.4 cm³/mol. The fourth-order valence-corrected chi connectivity index (χ4v) is 3.12. The highest BCUT2D eigenvalue weighted by Gasteiger charge is 2.41. The van der Waals surface area contributed by atoms with E-state index in [0.717, 1.165) is 37.1 Å². The molecule has 3 rings (SSSR count). The first-order valence-electron chi connectivity index (χ1n) is 7.89. The lowest BCUT2D eigenvalue weighted by molar-refractivity contribution is -0.125. The first kappa shape index (κ1) is 14.1. The number of anilines is 2. The van der Waals surface area contributed by atoms with Gasteiger partial charge in [0.1, 0.15) is 6.54 Å². The molecule has 4 nitrogen and oxygen atoms in total. The maximum absolute atomic E-state index is 12.7. The highest BCUT2D eigenvalue weighted by molar-refractivity contribution is 6.12. The predicted octanol–water partition coefficient (Wildman–Crippen LogP) is 2.96. The van der Waals surface area contributed by atoms with Crippen molar-refractivity contribution in [3.8, 4) is 0 Å². The molecule has 1 aromatic rings. The van der Waals surface area contributed by atoms with Gasteiger partial charge in [0.15, 0.2) is 0 Å². The maximum Gasteiger partial charge on any atom is 0.247 e. The summed E-state index contributed by atoms with van der Waals surface area (Å²) in [6, 6.07) is 8.12. The van der Waals surface area contributed by atoms with Crippen LogP contribution in [0.25, 0.3) is 0 Å². The molecular formula is C17H22N2O2. The largest absolute Gasteiger partial charge is 0.306 e. The molecule has 1 fully saturated rings. The van der Waals surface area contributed by atoms with Gasteiger partial charge in [0.25, 0.3) is 0 Å². The number of para-hydroxylation sites is 2. The van der Waals surface area contributed by atoms with Crippen molar-refractivity contribution in [1.29, 1.82) is 0 Å². The van der Waals surface area contributed by atoms with Gasteiger partial charge in [-0.25, -0.2) is 0 Å². The number of benzene rings is 1. The van der Waals surface area contributed by atoms with Crippen LogP contribution in [0.2, 0.25) is 0 Å². The summed E-state index contributed by atoms with van der Waals surface area (Å²) < 4.78 is 0. The molecule has 1 saturated carbocycles. The van der Waals surface area contributed by atoms with Crippen LogP contribution in [0, 0.1) is 5.92 Å². The summed E-state index contributed by atoms with van der Waals surface area (Å²) in [5.41, 5.74) is 1.79. The smallest absolute Gasteiger partial charge is 0.247 e. The lowest BCUT2D eigenvalue weighted by Crippen LogP contribution is -2.50. The zero-order valence-corrected chi connectivity index (χ0v) is 12.7. The van der Waals surface area contributed by atoms with Crippen molar-refractivity contribution in [2.24, 2.45) is 5.92 Å². The molecule has 112 valence electrons. The molecular weight excluding hydrogens is 264 g/mol. The second-order valence-electron chi connectivity index (χ2n) is 5.92. The van der Waals surface area contributed by atoms with Crippen molar-refractivity contribution in [2.45, 2.75) is 45.6 Å². The number of nitrogens with zero attached hydrogens (tertiary/aromatic N) is 2. The van der Waals surface area contributed by atoms with Gasteiger partial charge in [0.05, 0.1) is 11.4 Å². The number of carbonyl (C=O) groups is 2. The van der Waals surface area contributed by atoms with Gasteiger partial charge < -0.3 is 9.80 Å². The topological polar surface area (TPSA) is 40.6 Å². The SMILES string of the molecule is CCC(CC)C(=O)N1CC(=O)N(C2CC2)c2ccccc21. The maximum atomic E-state index is 12.7. The first-order valence-corrected chi connectivity index (χ1v) is 7.89. The van der Waals surface area contributed by atoms with Crippen LogP contribution >= 0.6 is 0 Å². The lowest BCUT2D eigenvalue weighted by Gasteiger charge is -2.37. The van der Waals surface area contributed by atoms with E-state index in [1.807, 2.05) is 43.0 Å². The van der Waals surface area contributed by atoms with Gasteiger partial charge >= 0.3 is 0 Å². The molecule has 21 heavy (non-hydrogen) atoms. The summed E-state index contributed by atoms with van der Waals surface area (Å²) in [5, 5.41) is 0.